The fourth-order valence-electron chi connectivity index (χ4n) is 5.34. The number of rotatable bonds is 8. The number of hydrogen-bond acceptors (Lipinski definition) is 3. The summed E-state index contributed by atoms with van der Waals surface area (Å²) in [5.74, 6) is -0.425. The molecular weight excluding hydrogens is 400 g/mol. The van der Waals surface area contributed by atoms with Crippen molar-refractivity contribution in [3.63, 3.8) is 0 Å². The molecule has 1 heterocycles. The monoisotopic (exact) mass is 434 g/mol. The van der Waals surface area contributed by atoms with Gasteiger partial charge < -0.3 is 10.4 Å². The predicted molar refractivity (Wildman–Crippen MR) is 127 cm³/mol. The van der Waals surface area contributed by atoms with Crippen LogP contribution >= 0.6 is 0 Å². The van der Waals surface area contributed by atoms with E-state index < -0.39 is 18.1 Å². The van der Waals surface area contributed by atoms with Gasteiger partial charge in [0.1, 0.15) is 6.04 Å². The van der Waals surface area contributed by atoms with Crippen LogP contribution in [-0.4, -0.2) is 29.1 Å². The number of carboxylic acid groups (broad SMARTS) is 1. The fourth-order valence-corrected chi connectivity index (χ4v) is 5.34. The number of anilines is 1. The molecule has 32 heavy (non-hydrogen) atoms. The van der Waals surface area contributed by atoms with Crippen molar-refractivity contribution in [1.29, 1.82) is 0 Å². The van der Waals surface area contributed by atoms with Gasteiger partial charge in [-0.1, -0.05) is 80.6 Å². The average molecular weight is 435 g/mol. The Morgan fingerprint density at radius 3 is 2.50 bits per heavy atom. The summed E-state index contributed by atoms with van der Waals surface area (Å²) in [4.78, 5) is 25.4. The largest absolute Gasteiger partial charge is 0.480 e. The molecule has 3 atom stereocenters. The molecule has 0 bridgehead atoms. The minimum Gasteiger partial charge on any atom is -0.480 e. The van der Waals surface area contributed by atoms with Crippen LogP contribution < -0.4 is 10.6 Å². The van der Waals surface area contributed by atoms with Crippen molar-refractivity contribution in [2.75, 3.05) is 5.32 Å². The normalized spacial score (nSPS) is 22.4. The Balaban J connectivity index is 1.53. The summed E-state index contributed by atoms with van der Waals surface area (Å²) in [7, 11) is 0. The minimum absolute atomic E-state index is 0.0300. The molecule has 0 spiro atoms. The molecule has 0 aromatic heterocycles. The zero-order valence-electron chi connectivity index (χ0n) is 18.6. The van der Waals surface area contributed by atoms with Gasteiger partial charge >= 0.3 is 5.97 Å². The van der Waals surface area contributed by atoms with E-state index in [2.05, 4.69) is 22.8 Å². The quantitative estimate of drug-likeness (QED) is 0.557. The van der Waals surface area contributed by atoms with E-state index in [1.807, 2.05) is 42.5 Å². The van der Waals surface area contributed by atoms with E-state index in [4.69, 9.17) is 0 Å². The van der Waals surface area contributed by atoms with Gasteiger partial charge in [-0.3, -0.25) is 14.9 Å². The van der Waals surface area contributed by atoms with Crippen LogP contribution in [0.1, 0.15) is 56.1 Å². The number of nitrogens with one attached hydrogen (secondary N) is 2. The number of benzene rings is 2. The van der Waals surface area contributed by atoms with Gasteiger partial charge in [-0.25, -0.2) is 0 Å². The lowest BCUT2D eigenvalue weighted by atomic mass is 9.84. The number of carboxylic acids is 1. The predicted octanol–water partition coefficient (Wildman–Crippen LogP) is 4.81. The van der Waals surface area contributed by atoms with Crippen LogP contribution in [0.25, 0.3) is 0 Å². The van der Waals surface area contributed by atoms with Crippen LogP contribution in [0.3, 0.4) is 0 Å². The van der Waals surface area contributed by atoms with Crippen LogP contribution in [0.2, 0.25) is 0 Å². The Kier molecular flexibility index (Phi) is 7.59. The lowest BCUT2D eigenvalue weighted by molar-refractivity contribution is -0.140. The molecule has 2 aromatic rings. The van der Waals surface area contributed by atoms with E-state index in [0.29, 0.717) is 12.3 Å². The number of aliphatic carboxylic acids is 1. The third kappa shape index (κ3) is 5.77. The van der Waals surface area contributed by atoms with Gasteiger partial charge in [0.25, 0.3) is 0 Å². The highest BCUT2D eigenvalue weighted by Crippen LogP contribution is 2.30. The molecular formula is C27H34N2O3. The topological polar surface area (TPSA) is 78.4 Å². The molecule has 5 nitrogen and oxygen atoms in total. The summed E-state index contributed by atoms with van der Waals surface area (Å²) in [6, 6.07) is 16.8. The molecule has 1 saturated carbocycles. The van der Waals surface area contributed by atoms with Gasteiger partial charge in [-0.05, 0) is 54.7 Å². The Hall–Kier alpha value is -2.66. The number of hydrogen-bond donors (Lipinski definition) is 3. The zero-order chi connectivity index (χ0) is 22.3. The van der Waals surface area contributed by atoms with Gasteiger partial charge in [0.15, 0.2) is 0 Å². The number of amides is 1. The Bertz CT molecular complexity index is 908. The standard InChI is InChI=1S/C27H34N2O3/c30-26-25(28-24(27(31)32)16-15-19-9-3-1-4-10-19)22(17-20-11-5-2-6-12-20)18-21-13-7-8-14-23(21)29-26/h2,5-8,11-14,19,22,24-25,28H,1,3-4,9-10,15-18H2,(H,29,30)(H,31,32)/t22?,24-,25-/m0/s1. The summed E-state index contributed by atoms with van der Waals surface area (Å²) in [5.41, 5.74) is 3.08. The maximum atomic E-state index is 13.3. The maximum absolute atomic E-state index is 13.3. The maximum Gasteiger partial charge on any atom is 0.320 e. The van der Waals surface area contributed by atoms with Gasteiger partial charge in [0.05, 0.1) is 6.04 Å². The van der Waals surface area contributed by atoms with E-state index in [-0.39, 0.29) is 11.8 Å². The lowest BCUT2D eigenvalue weighted by Crippen LogP contribution is -2.52. The Labute approximate surface area is 190 Å². The van der Waals surface area contributed by atoms with E-state index in [0.717, 1.165) is 36.1 Å². The van der Waals surface area contributed by atoms with Crippen molar-refractivity contribution in [3.8, 4) is 0 Å². The van der Waals surface area contributed by atoms with Gasteiger partial charge in [-0.15, -0.1) is 0 Å². The Morgan fingerprint density at radius 2 is 1.75 bits per heavy atom. The highest BCUT2D eigenvalue weighted by Gasteiger charge is 2.35. The number of fused-ring (bicyclic) bond motifs is 1. The van der Waals surface area contributed by atoms with Crippen LogP contribution in [0.5, 0.6) is 0 Å². The van der Waals surface area contributed by atoms with Crippen LogP contribution in [-0.2, 0) is 22.4 Å². The first-order valence-corrected chi connectivity index (χ1v) is 12.0. The smallest absolute Gasteiger partial charge is 0.320 e. The van der Waals surface area contributed by atoms with Crippen molar-refractivity contribution in [3.05, 3.63) is 65.7 Å². The molecule has 1 aliphatic carbocycles. The molecule has 1 unspecified atom stereocenters. The molecule has 1 fully saturated rings. The molecule has 1 amide bonds. The number of carbonyl (C=O) groups excluding carboxylic acids is 1. The third-order valence-electron chi connectivity index (χ3n) is 7.12. The van der Waals surface area contributed by atoms with Crippen molar-refractivity contribution < 1.29 is 14.7 Å². The van der Waals surface area contributed by atoms with E-state index in [9.17, 15) is 14.7 Å². The van der Waals surface area contributed by atoms with Gasteiger partial charge in [0, 0.05) is 5.69 Å². The molecule has 2 aromatic carbocycles. The van der Waals surface area contributed by atoms with E-state index in [1.54, 1.807) is 0 Å². The van der Waals surface area contributed by atoms with Crippen LogP contribution in [0.15, 0.2) is 54.6 Å². The van der Waals surface area contributed by atoms with Crippen molar-refractivity contribution in [1.82, 2.24) is 5.32 Å². The highest BCUT2D eigenvalue weighted by molar-refractivity contribution is 5.97. The summed E-state index contributed by atoms with van der Waals surface area (Å²) in [5, 5.41) is 16.3. The Morgan fingerprint density at radius 1 is 1.03 bits per heavy atom. The number of para-hydroxylation sites is 1. The molecule has 1 aliphatic heterocycles. The first-order chi connectivity index (χ1) is 15.6. The molecule has 0 saturated heterocycles. The molecule has 0 radical (unpaired) electrons. The molecule has 170 valence electrons. The highest BCUT2D eigenvalue weighted by atomic mass is 16.4. The second-order valence-electron chi connectivity index (χ2n) is 9.42. The first-order valence-electron chi connectivity index (χ1n) is 12.0. The second kappa shape index (κ2) is 10.8. The van der Waals surface area contributed by atoms with E-state index >= 15 is 0 Å². The molecule has 2 aliphatic rings. The van der Waals surface area contributed by atoms with Crippen molar-refractivity contribution >= 4 is 17.6 Å². The fraction of sp³-hybridized carbons (Fsp3) is 0.481. The summed E-state index contributed by atoms with van der Waals surface area (Å²) < 4.78 is 0. The lowest BCUT2D eigenvalue weighted by Gasteiger charge is -2.29. The van der Waals surface area contributed by atoms with Gasteiger partial charge in [-0.2, -0.15) is 0 Å². The van der Waals surface area contributed by atoms with Gasteiger partial charge in [0.2, 0.25) is 5.91 Å². The molecule has 5 heteroatoms. The minimum atomic E-state index is -0.867. The summed E-state index contributed by atoms with van der Waals surface area (Å²) in [6.07, 6.45) is 9.09. The van der Waals surface area contributed by atoms with Crippen molar-refractivity contribution in [2.45, 2.75) is 69.9 Å². The number of carbonyl (C=O) groups is 2. The van der Waals surface area contributed by atoms with Crippen LogP contribution in [0.4, 0.5) is 5.69 Å². The van der Waals surface area contributed by atoms with Crippen molar-refractivity contribution in [2.24, 2.45) is 11.8 Å². The first kappa shape index (κ1) is 22.5. The molecule has 4 rings (SSSR count). The second-order valence-corrected chi connectivity index (χ2v) is 9.42. The SMILES string of the molecule is O=C(O)[C@H](CCC1CCCCC1)N[C@@H]1C(=O)Nc2ccccc2CC1Cc1ccccc1. The third-order valence-corrected chi connectivity index (χ3v) is 7.12. The van der Waals surface area contributed by atoms with Crippen LogP contribution in [0, 0.1) is 11.8 Å². The van der Waals surface area contributed by atoms with E-state index in [1.165, 1.54) is 32.1 Å². The molecule has 3 N–H and O–H groups in total. The average Bonchev–Trinajstić information content (AvgIpc) is 2.93. The summed E-state index contributed by atoms with van der Waals surface area (Å²) >= 11 is 0. The zero-order valence-corrected chi connectivity index (χ0v) is 18.6. The summed E-state index contributed by atoms with van der Waals surface area (Å²) in [6.45, 7) is 0.